The van der Waals surface area contributed by atoms with Crippen LogP contribution < -0.4 is 5.32 Å². The first kappa shape index (κ1) is 21.1. The number of benzene rings is 1. The number of nitriles is 1. The summed E-state index contributed by atoms with van der Waals surface area (Å²) >= 11 is 6.03. The van der Waals surface area contributed by atoms with Crippen LogP contribution in [0, 0.1) is 11.5 Å². The number of hydrogen-bond acceptors (Lipinski definition) is 5. The monoisotopic (exact) mass is 416 g/mol. The molecule has 0 radical (unpaired) electrons. The molecule has 1 aromatic rings. The average Bonchev–Trinajstić information content (AvgIpc) is 3.31. The number of nitrogens with one attached hydrogen (secondary N) is 1. The van der Waals surface area contributed by atoms with Crippen molar-refractivity contribution in [3.05, 3.63) is 34.9 Å². The lowest BCUT2D eigenvalue weighted by Gasteiger charge is -2.25. The fourth-order valence-electron chi connectivity index (χ4n) is 3.41. The zero-order chi connectivity index (χ0) is 20.8. The third-order valence-electron chi connectivity index (χ3n) is 4.73. The van der Waals surface area contributed by atoms with Crippen molar-refractivity contribution in [2.45, 2.75) is 38.8 Å². The highest BCUT2D eigenvalue weighted by atomic mass is 35.5. The Kier molecular flexibility index (Phi) is 7.07. The summed E-state index contributed by atoms with van der Waals surface area (Å²) in [5, 5.41) is 18.8. The van der Waals surface area contributed by atoms with Gasteiger partial charge in [0.1, 0.15) is 0 Å². The van der Waals surface area contributed by atoms with E-state index in [1.54, 1.807) is 17.1 Å². The van der Waals surface area contributed by atoms with E-state index in [1.807, 2.05) is 37.1 Å². The Morgan fingerprint density at radius 3 is 2.83 bits per heavy atom. The first-order chi connectivity index (χ1) is 14.0. The van der Waals surface area contributed by atoms with E-state index in [4.69, 9.17) is 26.7 Å². The minimum Gasteiger partial charge on any atom is -0.377 e. The van der Waals surface area contributed by atoms with Gasteiger partial charge in [0.05, 0.1) is 37.6 Å². The van der Waals surface area contributed by atoms with E-state index >= 15 is 0 Å². The SMILES string of the molecule is CC(C)OCCN=C(NC#N)N1CC(N2CCCC2=O)C(c2ccc(Cl)cc2)=N1. The molecule has 29 heavy (non-hydrogen) atoms. The number of amides is 1. The van der Waals surface area contributed by atoms with Crippen molar-refractivity contribution in [1.82, 2.24) is 15.2 Å². The predicted octanol–water partition coefficient (Wildman–Crippen LogP) is 2.20. The number of carbonyl (C=O) groups is 1. The van der Waals surface area contributed by atoms with E-state index in [1.165, 1.54) is 0 Å². The highest BCUT2D eigenvalue weighted by Gasteiger charge is 2.38. The number of rotatable bonds is 6. The van der Waals surface area contributed by atoms with Crippen molar-refractivity contribution in [3.63, 3.8) is 0 Å². The van der Waals surface area contributed by atoms with Crippen LogP contribution in [0.5, 0.6) is 0 Å². The Morgan fingerprint density at radius 2 is 2.21 bits per heavy atom. The van der Waals surface area contributed by atoms with Crippen LogP contribution in [0.2, 0.25) is 5.02 Å². The lowest BCUT2D eigenvalue weighted by atomic mass is 10.0. The van der Waals surface area contributed by atoms with Gasteiger partial charge in [0.15, 0.2) is 6.19 Å². The van der Waals surface area contributed by atoms with Crippen LogP contribution in [0.15, 0.2) is 34.4 Å². The predicted molar refractivity (Wildman–Crippen MR) is 112 cm³/mol. The van der Waals surface area contributed by atoms with Gasteiger partial charge in [-0.2, -0.15) is 10.4 Å². The second-order valence-corrected chi connectivity index (χ2v) is 7.58. The number of nitrogens with zero attached hydrogens (tertiary/aromatic N) is 5. The molecule has 154 valence electrons. The van der Waals surface area contributed by atoms with E-state index in [-0.39, 0.29) is 18.1 Å². The van der Waals surface area contributed by atoms with Crippen LogP contribution in [0.1, 0.15) is 32.3 Å². The summed E-state index contributed by atoms with van der Waals surface area (Å²) in [6.07, 6.45) is 3.42. The van der Waals surface area contributed by atoms with Gasteiger partial charge in [-0.3, -0.25) is 10.1 Å². The topological polar surface area (TPSA) is 93.3 Å². The Bertz CT molecular complexity index is 830. The maximum Gasteiger partial charge on any atom is 0.228 e. The summed E-state index contributed by atoms with van der Waals surface area (Å²) in [6, 6.07) is 7.18. The quantitative estimate of drug-likeness (QED) is 0.252. The molecule has 1 unspecified atom stereocenters. The number of ether oxygens (including phenoxy) is 1. The average molecular weight is 417 g/mol. The number of aliphatic imine (C=N–C) groups is 1. The number of likely N-dealkylation sites (tertiary alicyclic amines) is 1. The summed E-state index contributed by atoms with van der Waals surface area (Å²) in [4.78, 5) is 18.7. The molecule has 0 spiro atoms. The van der Waals surface area contributed by atoms with E-state index in [0.29, 0.717) is 43.6 Å². The van der Waals surface area contributed by atoms with Gasteiger partial charge in [-0.05, 0) is 32.4 Å². The highest BCUT2D eigenvalue weighted by molar-refractivity contribution is 6.30. The lowest BCUT2D eigenvalue weighted by molar-refractivity contribution is -0.128. The molecule has 1 N–H and O–H groups in total. The van der Waals surface area contributed by atoms with E-state index < -0.39 is 0 Å². The Balaban J connectivity index is 1.85. The molecule has 3 rings (SSSR count). The molecule has 1 amide bonds. The van der Waals surface area contributed by atoms with Gasteiger partial charge in [-0.15, -0.1) is 0 Å². The smallest absolute Gasteiger partial charge is 0.228 e. The summed E-state index contributed by atoms with van der Waals surface area (Å²) in [7, 11) is 0. The fraction of sp³-hybridized carbons (Fsp3) is 0.500. The molecule has 2 aliphatic heterocycles. The molecule has 1 fully saturated rings. The molecule has 9 heteroatoms. The largest absolute Gasteiger partial charge is 0.377 e. The first-order valence-electron chi connectivity index (χ1n) is 9.72. The fourth-order valence-corrected chi connectivity index (χ4v) is 3.54. The second-order valence-electron chi connectivity index (χ2n) is 7.14. The van der Waals surface area contributed by atoms with Crippen LogP contribution in [0.25, 0.3) is 0 Å². The van der Waals surface area contributed by atoms with Gasteiger partial charge in [-0.1, -0.05) is 23.7 Å². The first-order valence-corrected chi connectivity index (χ1v) is 10.1. The normalized spacial score (nSPS) is 19.7. The van der Waals surface area contributed by atoms with Crippen molar-refractivity contribution in [2.75, 3.05) is 26.2 Å². The summed E-state index contributed by atoms with van der Waals surface area (Å²) < 4.78 is 5.51. The summed E-state index contributed by atoms with van der Waals surface area (Å²) in [5.41, 5.74) is 1.66. The molecular weight excluding hydrogens is 392 g/mol. The molecule has 0 saturated carbocycles. The van der Waals surface area contributed by atoms with Gasteiger partial charge in [0, 0.05) is 23.6 Å². The van der Waals surface area contributed by atoms with Gasteiger partial charge < -0.3 is 9.64 Å². The number of hydrazone groups is 1. The Morgan fingerprint density at radius 1 is 1.45 bits per heavy atom. The highest BCUT2D eigenvalue weighted by Crippen LogP contribution is 2.24. The minimum atomic E-state index is -0.205. The van der Waals surface area contributed by atoms with Crippen molar-refractivity contribution < 1.29 is 9.53 Å². The Labute approximate surface area is 175 Å². The zero-order valence-electron chi connectivity index (χ0n) is 16.6. The molecule has 0 bridgehead atoms. The van der Waals surface area contributed by atoms with Gasteiger partial charge in [0.25, 0.3) is 0 Å². The van der Waals surface area contributed by atoms with Gasteiger partial charge in [-0.25, -0.2) is 10.0 Å². The van der Waals surface area contributed by atoms with Crippen LogP contribution in [-0.2, 0) is 9.53 Å². The lowest BCUT2D eigenvalue weighted by Crippen LogP contribution is -2.45. The van der Waals surface area contributed by atoms with Crippen LogP contribution in [0.3, 0.4) is 0 Å². The molecule has 2 aliphatic rings. The molecular formula is C20H25ClN6O2. The maximum absolute atomic E-state index is 12.4. The number of halogens is 1. The van der Waals surface area contributed by atoms with Gasteiger partial charge in [0.2, 0.25) is 11.9 Å². The van der Waals surface area contributed by atoms with Crippen molar-refractivity contribution in [3.8, 4) is 6.19 Å². The molecule has 0 aliphatic carbocycles. The molecule has 2 heterocycles. The maximum atomic E-state index is 12.4. The summed E-state index contributed by atoms with van der Waals surface area (Å²) in [6.45, 7) is 5.90. The molecule has 0 aromatic heterocycles. The minimum absolute atomic E-state index is 0.115. The van der Waals surface area contributed by atoms with E-state index in [9.17, 15) is 4.79 Å². The van der Waals surface area contributed by atoms with E-state index in [2.05, 4.69) is 10.3 Å². The van der Waals surface area contributed by atoms with Crippen molar-refractivity contribution >= 4 is 29.2 Å². The third kappa shape index (κ3) is 5.25. The van der Waals surface area contributed by atoms with E-state index in [0.717, 1.165) is 17.7 Å². The van der Waals surface area contributed by atoms with Gasteiger partial charge >= 0.3 is 0 Å². The standard InChI is InChI=1S/C20H25ClN6O2/c1-14(2)29-11-9-23-20(24-13-22)27-12-17(26-10-3-4-18(26)28)19(25-27)15-5-7-16(21)8-6-15/h5-8,14,17H,3-4,9-12H2,1-2H3,(H,23,24). The zero-order valence-corrected chi connectivity index (χ0v) is 17.4. The third-order valence-corrected chi connectivity index (χ3v) is 4.98. The Hall–Kier alpha value is -2.63. The molecule has 1 aromatic carbocycles. The molecule has 1 atom stereocenters. The molecule has 1 saturated heterocycles. The number of carbonyl (C=O) groups excluding carboxylic acids is 1. The second kappa shape index (κ2) is 9.72. The van der Waals surface area contributed by atoms with Crippen molar-refractivity contribution in [1.29, 1.82) is 5.26 Å². The number of guanidine groups is 1. The van der Waals surface area contributed by atoms with Crippen LogP contribution in [0.4, 0.5) is 0 Å². The summed E-state index contributed by atoms with van der Waals surface area (Å²) in [5.74, 6) is 0.469. The van der Waals surface area contributed by atoms with Crippen LogP contribution >= 0.6 is 11.6 Å². The van der Waals surface area contributed by atoms with Crippen molar-refractivity contribution in [2.24, 2.45) is 10.1 Å². The number of hydrogen-bond donors (Lipinski definition) is 1. The van der Waals surface area contributed by atoms with Crippen LogP contribution in [-0.4, -0.2) is 65.9 Å². The molecule has 8 nitrogen and oxygen atoms in total.